The molecule has 0 aromatic heterocycles. The fourth-order valence-electron chi connectivity index (χ4n) is 7.16. The summed E-state index contributed by atoms with van der Waals surface area (Å²) in [5.41, 5.74) is 0.817. The Morgan fingerprint density at radius 3 is 2.44 bits per heavy atom. The predicted molar refractivity (Wildman–Crippen MR) is 155 cm³/mol. The van der Waals surface area contributed by atoms with Gasteiger partial charge in [-0.1, -0.05) is 55.8 Å². The van der Waals surface area contributed by atoms with Gasteiger partial charge in [0.25, 0.3) is 0 Å². The van der Waals surface area contributed by atoms with E-state index >= 15 is 0 Å². The minimum absolute atomic E-state index is 0.0112. The SMILES string of the molecule is CCCC(C)N1CC=C[C@]23S[C@@]4(C)C=CCN(c5ccccc5)C(=O)[C@H]4[C@H]2C(=O)N(CCCCCO)C3C1=O. The first kappa shape index (κ1) is 28.0. The van der Waals surface area contributed by atoms with E-state index in [0.29, 0.717) is 32.5 Å². The van der Waals surface area contributed by atoms with Crippen LogP contribution in [0.15, 0.2) is 54.6 Å². The van der Waals surface area contributed by atoms with E-state index in [1.165, 1.54) is 0 Å². The third-order valence-corrected chi connectivity index (χ3v) is 10.7. The third kappa shape index (κ3) is 4.63. The van der Waals surface area contributed by atoms with Crippen LogP contribution in [0.1, 0.15) is 52.9 Å². The Kier molecular flexibility index (Phi) is 7.98. The first-order valence-corrected chi connectivity index (χ1v) is 15.2. The summed E-state index contributed by atoms with van der Waals surface area (Å²) in [5.74, 6) is -1.37. The molecule has 39 heavy (non-hydrogen) atoms. The molecule has 2 unspecified atom stereocenters. The Morgan fingerprint density at radius 1 is 0.974 bits per heavy atom. The maximum Gasteiger partial charge on any atom is 0.247 e. The van der Waals surface area contributed by atoms with Crippen LogP contribution in [0.3, 0.4) is 0 Å². The lowest BCUT2D eigenvalue weighted by atomic mass is 9.74. The van der Waals surface area contributed by atoms with Crippen LogP contribution in [0.5, 0.6) is 0 Å². The summed E-state index contributed by atoms with van der Waals surface area (Å²) in [6, 6.07) is 9.05. The van der Waals surface area contributed by atoms with E-state index in [0.717, 1.165) is 24.9 Å². The standard InChI is InChI=1S/C31H41N3O4S/c1-4-13-22(2)32-19-12-17-31-25(28(37)34(26(31)29(32)38)18-9-6-10-21-35)24-27(36)33(23-14-7-5-8-15-23)20-11-16-30(24,3)39-31/h5,7-8,11-12,14-17,22,24-26,35H,4,6,9-10,13,18-21H2,1-3H3/t22?,24-,25+,26?,30+,31+/m1/s1. The number of carbonyl (C=O) groups excluding carboxylic acids is 3. The van der Waals surface area contributed by atoms with Crippen molar-refractivity contribution in [3.05, 3.63) is 54.6 Å². The maximum atomic E-state index is 14.4. The average molecular weight is 552 g/mol. The van der Waals surface area contributed by atoms with Crippen molar-refractivity contribution in [2.45, 2.75) is 74.5 Å². The molecular formula is C31H41N3O4S. The molecule has 8 heteroatoms. The molecule has 4 heterocycles. The van der Waals surface area contributed by atoms with Crippen LogP contribution in [0.2, 0.25) is 0 Å². The number of benzene rings is 1. The van der Waals surface area contributed by atoms with Crippen molar-refractivity contribution in [2.75, 3.05) is 31.1 Å². The van der Waals surface area contributed by atoms with Gasteiger partial charge in [0.1, 0.15) is 6.04 Å². The number of thioether (sulfide) groups is 1. The van der Waals surface area contributed by atoms with Crippen molar-refractivity contribution >= 4 is 35.2 Å². The summed E-state index contributed by atoms with van der Waals surface area (Å²) in [4.78, 5) is 48.7. The molecule has 6 atom stereocenters. The molecule has 0 saturated carbocycles. The van der Waals surface area contributed by atoms with Gasteiger partial charge < -0.3 is 19.8 Å². The minimum Gasteiger partial charge on any atom is -0.396 e. The van der Waals surface area contributed by atoms with Crippen molar-refractivity contribution in [3.8, 4) is 0 Å². The fourth-order valence-corrected chi connectivity index (χ4v) is 9.32. The lowest BCUT2D eigenvalue weighted by Gasteiger charge is -2.38. The summed E-state index contributed by atoms with van der Waals surface area (Å²) < 4.78 is -1.43. The number of rotatable bonds is 9. The van der Waals surface area contributed by atoms with E-state index in [4.69, 9.17) is 0 Å². The lowest BCUT2D eigenvalue weighted by Crippen LogP contribution is -2.55. The Hall–Kier alpha value is -2.58. The molecule has 0 radical (unpaired) electrons. The van der Waals surface area contributed by atoms with Crippen molar-refractivity contribution in [1.82, 2.24) is 9.80 Å². The molecule has 210 valence electrons. The molecule has 1 N–H and O–H groups in total. The second-order valence-corrected chi connectivity index (χ2v) is 13.3. The van der Waals surface area contributed by atoms with Gasteiger partial charge in [0, 0.05) is 42.7 Å². The van der Waals surface area contributed by atoms with Crippen LogP contribution >= 0.6 is 11.8 Å². The van der Waals surface area contributed by atoms with E-state index in [9.17, 15) is 19.5 Å². The van der Waals surface area contributed by atoms with Crippen LogP contribution in [0.25, 0.3) is 0 Å². The number of carbonyl (C=O) groups is 3. The van der Waals surface area contributed by atoms with Crippen molar-refractivity contribution < 1.29 is 19.5 Å². The van der Waals surface area contributed by atoms with Crippen LogP contribution in [-0.2, 0) is 14.4 Å². The van der Waals surface area contributed by atoms with Gasteiger partial charge >= 0.3 is 0 Å². The van der Waals surface area contributed by atoms with Gasteiger partial charge in [0.05, 0.1) is 16.6 Å². The summed E-state index contributed by atoms with van der Waals surface area (Å²) in [5, 5.41) is 9.28. The number of anilines is 1. The molecule has 2 fully saturated rings. The number of unbranched alkanes of at least 4 members (excludes halogenated alkanes) is 2. The van der Waals surface area contributed by atoms with Gasteiger partial charge in [-0.2, -0.15) is 0 Å². The van der Waals surface area contributed by atoms with Gasteiger partial charge in [-0.05, 0) is 51.7 Å². The summed E-state index contributed by atoms with van der Waals surface area (Å²) in [6.45, 7) is 7.80. The zero-order chi connectivity index (χ0) is 27.8. The van der Waals surface area contributed by atoms with Gasteiger partial charge in [-0.15, -0.1) is 11.8 Å². The van der Waals surface area contributed by atoms with Crippen LogP contribution in [-0.4, -0.2) is 80.4 Å². The largest absolute Gasteiger partial charge is 0.396 e. The summed E-state index contributed by atoms with van der Waals surface area (Å²) >= 11 is 1.64. The predicted octanol–water partition coefficient (Wildman–Crippen LogP) is 4.03. The highest BCUT2D eigenvalue weighted by Crippen LogP contribution is 2.65. The number of aliphatic hydroxyl groups is 1. The van der Waals surface area contributed by atoms with E-state index in [1.54, 1.807) is 21.6 Å². The normalized spacial score (nSPS) is 32.7. The van der Waals surface area contributed by atoms with Crippen molar-refractivity contribution in [3.63, 3.8) is 0 Å². The van der Waals surface area contributed by atoms with E-state index in [1.807, 2.05) is 41.3 Å². The second kappa shape index (κ2) is 11.1. The second-order valence-electron chi connectivity index (χ2n) is 11.5. The highest BCUT2D eigenvalue weighted by molar-refractivity contribution is 8.02. The number of para-hydroxylation sites is 1. The highest BCUT2D eigenvalue weighted by atomic mass is 32.2. The first-order valence-electron chi connectivity index (χ1n) is 14.4. The van der Waals surface area contributed by atoms with Crippen molar-refractivity contribution in [1.29, 1.82) is 0 Å². The molecule has 2 saturated heterocycles. The first-order chi connectivity index (χ1) is 18.8. The van der Waals surface area contributed by atoms with E-state index in [-0.39, 0.29) is 30.4 Å². The van der Waals surface area contributed by atoms with Crippen LogP contribution in [0.4, 0.5) is 5.69 Å². The smallest absolute Gasteiger partial charge is 0.247 e. The quantitative estimate of drug-likeness (QED) is 0.370. The van der Waals surface area contributed by atoms with E-state index < -0.39 is 27.4 Å². The number of aliphatic hydroxyl groups excluding tert-OH is 1. The monoisotopic (exact) mass is 551 g/mol. The molecule has 3 amide bonds. The number of hydrogen-bond donors (Lipinski definition) is 1. The molecule has 0 aliphatic carbocycles. The number of nitrogens with zero attached hydrogens (tertiary/aromatic N) is 3. The maximum absolute atomic E-state index is 14.4. The molecule has 4 aliphatic heterocycles. The number of fused-ring (bicyclic) bond motifs is 2. The Labute approximate surface area is 236 Å². The van der Waals surface area contributed by atoms with Crippen molar-refractivity contribution in [2.24, 2.45) is 11.8 Å². The zero-order valence-corrected chi connectivity index (χ0v) is 24.1. The highest BCUT2D eigenvalue weighted by Gasteiger charge is 2.73. The topological polar surface area (TPSA) is 81.2 Å². The average Bonchev–Trinajstić information content (AvgIpc) is 3.18. The zero-order valence-electron chi connectivity index (χ0n) is 23.3. The molecule has 1 aromatic rings. The number of amides is 3. The van der Waals surface area contributed by atoms with Crippen LogP contribution in [0, 0.1) is 11.8 Å². The summed E-state index contributed by atoms with van der Waals surface area (Å²) in [7, 11) is 0. The Morgan fingerprint density at radius 2 is 1.72 bits per heavy atom. The minimum atomic E-state index is -0.815. The number of hydrogen-bond acceptors (Lipinski definition) is 5. The van der Waals surface area contributed by atoms with Gasteiger partial charge in [0.2, 0.25) is 17.7 Å². The third-order valence-electron chi connectivity index (χ3n) is 8.95. The molecule has 7 nitrogen and oxygen atoms in total. The number of likely N-dealkylation sites (tertiary alicyclic amines) is 1. The molecule has 0 bridgehead atoms. The van der Waals surface area contributed by atoms with Gasteiger partial charge in [-0.3, -0.25) is 14.4 Å². The fraction of sp³-hybridized carbons (Fsp3) is 0.581. The Balaban J connectivity index is 1.58. The molecule has 4 aliphatic rings. The van der Waals surface area contributed by atoms with Gasteiger partial charge in [-0.25, -0.2) is 0 Å². The van der Waals surface area contributed by atoms with Gasteiger partial charge in [0.15, 0.2) is 0 Å². The van der Waals surface area contributed by atoms with Crippen LogP contribution < -0.4 is 4.90 Å². The molecule has 1 spiro atoms. The molecule has 1 aromatic carbocycles. The Bertz CT molecular complexity index is 1160. The lowest BCUT2D eigenvalue weighted by molar-refractivity contribution is -0.144. The van der Waals surface area contributed by atoms with E-state index in [2.05, 4.69) is 39.0 Å². The molecular weight excluding hydrogens is 510 g/mol. The summed E-state index contributed by atoms with van der Waals surface area (Å²) in [6.07, 6.45) is 12.3. The molecule has 5 rings (SSSR count).